The fourth-order valence-corrected chi connectivity index (χ4v) is 4.48. The van der Waals surface area contributed by atoms with E-state index in [1.54, 1.807) is 20.8 Å². The van der Waals surface area contributed by atoms with Crippen molar-refractivity contribution in [3.8, 4) is 0 Å². The maximum absolute atomic E-state index is 12.3. The first kappa shape index (κ1) is 14.3. The van der Waals surface area contributed by atoms with Gasteiger partial charge in [-0.05, 0) is 33.6 Å². The summed E-state index contributed by atoms with van der Waals surface area (Å²) in [6.45, 7) is 5.02. The molecule has 0 bridgehead atoms. The SMILES string of the molecule is CC1C(=O)NC(C)(C)C(=O)N1CC1CCCS1(=O)=O. The monoisotopic (exact) mass is 288 g/mol. The second-order valence-electron chi connectivity index (χ2n) is 5.88. The van der Waals surface area contributed by atoms with Crippen LogP contribution in [0.25, 0.3) is 0 Å². The first-order valence-electron chi connectivity index (χ1n) is 6.50. The van der Waals surface area contributed by atoms with Crippen molar-refractivity contribution < 1.29 is 18.0 Å². The minimum atomic E-state index is -3.11. The molecule has 0 radical (unpaired) electrons. The quantitative estimate of drug-likeness (QED) is 0.755. The first-order chi connectivity index (χ1) is 8.65. The maximum atomic E-state index is 12.3. The number of hydrogen-bond acceptors (Lipinski definition) is 4. The van der Waals surface area contributed by atoms with Gasteiger partial charge in [0.15, 0.2) is 9.84 Å². The highest BCUT2D eigenvalue weighted by Gasteiger charge is 2.45. The third-order valence-electron chi connectivity index (χ3n) is 3.94. The number of nitrogens with one attached hydrogen (secondary N) is 1. The Kier molecular flexibility index (Phi) is 3.36. The zero-order valence-corrected chi connectivity index (χ0v) is 12.3. The Morgan fingerprint density at radius 1 is 1.37 bits per heavy atom. The summed E-state index contributed by atoms with van der Waals surface area (Å²) < 4.78 is 23.7. The summed E-state index contributed by atoms with van der Waals surface area (Å²) in [6, 6.07) is -0.615. The molecule has 6 nitrogen and oxygen atoms in total. The minimum Gasteiger partial charge on any atom is -0.340 e. The highest BCUT2D eigenvalue weighted by Crippen LogP contribution is 2.25. The Labute approximate surface area is 113 Å². The molecule has 2 aliphatic rings. The molecule has 0 aromatic heterocycles. The van der Waals surface area contributed by atoms with Crippen LogP contribution in [-0.4, -0.2) is 54.3 Å². The van der Waals surface area contributed by atoms with E-state index in [0.717, 1.165) is 0 Å². The summed E-state index contributed by atoms with van der Waals surface area (Å²) in [5.74, 6) is -0.273. The highest BCUT2D eigenvalue weighted by atomic mass is 32.2. The molecular formula is C12H20N2O4S. The van der Waals surface area contributed by atoms with Crippen LogP contribution in [0.1, 0.15) is 33.6 Å². The van der Waals surface area contributed by atoms with Gasteiger partial charge in [-0.15, -0.1) is 0 Å². The summed E-state index contributed by atoms with van der Waals surface area (Å²) in [7, 11) is -3.11. The minimum absolute atomic E-state index is 0.124. The second kappa shape index (κ2) is 4.47. The molecule has 2 fully saturated rings. The van der Waals surface area contributed by atoms with Gasteiger partial charge in [-0.2, -0.15) is 0 Å². The van der Waals surface area contributed by atoms with E-state index in [0.29, 0.717) is 12.8 Å². The standard InChI is InChI=1S/C12H20N2O4S/c1-8-10(15)13-12(2,3)11(16)14(8)7-9-5-4-6-19(9,17)18/h8-9H,4-7H2,1-3H3,(H,13,15). The Hall–Kier alpha value is -1.11. The number of piperazine rings is 1. The molecule has 2 unspecified atom stereocenters. The smallest absolute Gasteiger partial charge is 0.248 e. The molecule has 0 aliphatic carbocycles. The van der Waals surface area contributed by atoms with Crippen molar-refractivity contribution in [1.82, 2.24) is 10.2 Å². The molecule has 2 atom stereocenters. The van der Waals surface area contributed by atoms with E-state index in [1.807, 2.05) is 0 Å². The number of carbonyl (C=O) groups excluding carboxylic acids is 2. The molecule has 2 amide bonds. The molecule has 7 heteroatoms. The highest BCUT2D eigenvalue weighted by molar-refractivity contribution is 7.92. The lowest BCUT2D eigenvalue weighted by Gasteiger charge is -2.42. The topological polar surface area (TPSA) is 83.6 Å². The van der Waals surface area contributed by atoms with Crippen LogP contribution in [-0.2, 0) is 19.4 Å². The van der Waals surface area contributed by atoms with Gasteiger partial charge in [0.1, 0.15) is 11.6 Å². The van der Waals surface area contributed by atoms with Gasteiger partial charge in [0.2, 0.25) is 11.8 Å². The van der Waals surface area contributed by atoms with Gasteiger partial charge >= 0.3 is 0 Å². The van der Waals surface area contributed by atoms with Crippen molar-refractivity contribution in [2.45, 2.75) is 50.4 Å². The Morgan fingerprint density at radius 3 is 2.53 bits per heavy atom. The second-order valence-corrected chi connectivity index (χ2v) is 8.28. The van der Waals surface area contributed by atoms with Crippen LogP contribution in [0.3, 0.4) is 0 Å². The van der Waals surface area contributed by atoms with E-state index in [-0.39, 0.29) is 24.1 Å². The molecule has 2 aliphatic heterocycles. The lowest BCUT2D eigenvalue weighted by molar-refractivity contribution is -0.152. The third kappa shape index (κ3) is 2.48. The van der Waals surface area contributed by atoms with Gasteiger partial charge < -0.3 is 10.2 Å². The Bertz CT molecular complexity index is 512. The number of amides is 2. The van der Waals surface area contributed by atoms with Crippen molar-refractivity contribution in [1.29, 1.82) is 0 Å². The van der Waals surface area contributed by atoms with Crippen molar-refractivity contribution in [2.24, 2.45) is 0 Å². The molecule has 19 heavy (non-hydrogen) atoms. The van der Waals surface area contributed by atoms with E-state index in [9.17, 15) is 18.0 Å². The number of nitrogens with zero attached hydrogens (tertiary/aromatic N) is 1. The van der Waals surface area contributed by atoms with E-state index in [1.165, 1.54) is 4.90 Å². The van der Waals surface area contributed by atoms with Gasteiger partial charge in [0.05, 0.1) is 11.0 Å². The van der Waals surface area contributed by atoms with Crippen LogP contribution >= 0.6 is 0 Å². The lowest BCUT2D eigenvalue weighted by Crippen LogP contribution is -2.68. The van der Waals surface area contributed by atoms with Gasteiger partial charge in [0.25, 0.3) is 0 Å². The number of rotatable bonds is 2. The van der Waals surface area contributed by atoms with Gasteiger partial charge in [-0.25, -0.2) is 8.42 Å². The van der Waals surface area contributed by atoms with Crippen molar-refractivity contribution in [2.75, 3.05) is 12.3 Å². The molecule has 2 saturated heterocycles. The fourth-order valence-electron chi connectivity index (χ4n) is 2.67. The molecule has 0 saturated carbocycles. The molecule has 0 aromatic carbocycles. The van der Waals surface area contributed by atoms with Crippen LogP contribution in [0.15, 0.2) is 0 Å². The molecule has 1 N–H and O–H groups in total. The normalized spacial score (nSPS) is 33.3. The molecule has 2 heterocycles. The zero-order chi connectivity index (χ0) is 14.4. The van der Waals surface area contributed by atoms with E-state index < -0.39 is 26.7 Å². The van der Waals surface area contributed by atoms with Gasteiger partial charge in [-0.3, -0.25) is 9.59 Å². The van der Waals surface area contributed by atoms with Gasteiger partial charge in [-0.1, -0.05) is 0 Å². The summed E-state index contributed by atoms with van der Waals surface area (Å²) >= 11 is 0. The fraction of sp³-hybridized carbons (Fsp3) is 0.833. The zero-order valence-electron chi connectivity index (χ0n) is 11.5. The van der Waals surface area contributed by atoms with Crippen molar-refractivity contribution in [3.05, 3.63) is 0 Å². The number of carbonyl (C=O) groups is 2. The third-order valence-corrected chi connectivity index (χ3v) is 6.20. The maximum Gasteiger partial charge on any atom is 0.248 e. The molecular weight excluding hydrogens is 268 g/mol. The number of sulfone groups is 1. The van der Waals surface area contributed by atoms with Crippen LogP contribution in [0, 0.1) is 0 Å². The van der Waals surface area contributed by atoms with Crippen molar-refractivity contribution >= 4 is 21.7 Å². The molecule has 0 aromatic rings. The summed E-state index contributed by atoms with van der Waals surface area (Å²) in [6.07, 6.45) is 1.21. The van der Waals surface area contributed by atoms with E-state index in [2.05, 4.69) is 5.32 Å². The Balaban J connectivity index is 2.22. The van der Waals surface area contributed by atoms with Gasteiger partial charge in [0, 0.05) is 6.54 Å². The van der Waals surface area contributed by atoms with Crippen LogP contribution in [0.4, 0.5) is 0 Å². The molecule has 2 rings (SSSR count). The lowest BCUT2D eigenvalue weighted by atomic mass is 9.97. The van der Waals surface area contributed by atoms with Crippen LogP contribution in [0.5, 0.6) is 0 Å². The van der Waals surface area contributed by atoms with Crippen LogP contribution < -0.4 is 5.32 Å². The average Bonchev–Trinajstić information content (AvgIpc) is 2.61. The van der Waals surface area contributed by atoms with Crippen LogP contribution in [0.2, 0.25) is 0 Å². The predicted octanol–water partition coefficient (Wildman–Crippen LogP) is -0.311. The average molecular weight is 288 g/mol. The molecule has 0 spiro atoms. The van der Waals surface area contributed by atoms with E-state index >= 15 is 0 Å². The van der Waals surface area contributed by atoms with E-state index in [4.69, 9.17) is 0 Å². The largest absolute Gasteiger partial charge is 0.340 e. The summed E-state index contributed by atoms with van der Waals surface area (Å²) in [5.41, 5.74) is -0.966. The predicted molar refractivity (Wildman–Crippen MR) is 70.2 cm³/mol. The Morgan fingerprint density at radius 2 is 2.00 bits per heavy atom. The molecule has 108 valence electrons. The summed E-state index contributed by atoms with van der Waals surface area (Å²) in [5, 5.41) is 2.12. The first-order valence-corrected chi connectivity index (χ1v) is 8.21. The number of hydrogen-bond donors (Lipinski definition) is 1. The van der Waals surface area contributed by atoms with Crippen molar-refractivity contribution in [3.63, 3.8) is 0 Å². The summed E-state index contributed by atoms with van der Waals surface area (Å²) in [4.78, 5) is 25.6.